The van der Waals surface area contributed by atoms with Crippen LogP contribution in [0.1, 0.15) is 15.4 Å². The van der Waals surface area contributed by atoms with Crippen molar-refractivity contribution in [3.63, 3.8) is 0 Å². The maximum Gasteiger partial charge on any atom is 0.279 e. The van der Waals surface area contributed by atoms with Gasteiger partial charge in [-0.05, 0) is 6.92 Å². The van der Waals surface area contributed by atoms with Gasteiger partial charge in [0.25, 0.3) is 5.91 Å². The Morgan fingerprint density at radius 1 is 1.30 bits per heavy atom. The molecule has 20 heavy (non-hydrogen) atoms. The zero-order chi connectivity index (χ0) is 13.9. The first-order chi connectivity index (χ1) is 9.72. The average Bonchev–Trinajstić information content (AvgIpc) is 3.09. The van der Waals surface area contributed by atoms with E-state index in [1.807, 2.05) is 37.3 Å². The number of nitrogens with zero attached hydrogens (tertiary/aromatic N) is 2. The number of nitrogens with one attached hydrogen (secondary N) is 1. The second kappa shape index (κ2) is 5.26. The highest BCUT2D eigenvalue weighted by molar-refractivity contribution is 7.15. The molecule has 3 aromatic rings. The first-order valence-electron chi connectivity index (χ1n) is 5.98. The molecule has 0 atom stereocenters. The van der Waals surface area contributed by atoms with Crippen molar-refractivity contribution in [1.29, 1.82) is 0 Å². The van der Waals surface area contributed by atoms with Crippen LogP contribution >= 0.6 is 11.3 Å². The summed E-state index contributed by atoms with van der Waals surface area (Å²) in [5.74, 6) is 0.233. The first-order valence-corrected chi connectivity index (χ1v) is 6.80. The lowest BCUT2D eigenvalue weighted by molar-refractivity contribution is 0.101. The second-order valence-corrected chi connectivity index (χ2v) is 5.41. The smallest absolute Gasteiger partial charge is 0.279 e. The number of rotatable bonds is 3. The van der Waals surface area contributed by atoms with Crippen LogP contribution in [0.3, 0.4) is 0 Å². The molecule has 1 amide bonds. The predicted octanol–water partition coefficient (Wildman–Crippen LogP) is 3.36. The fourth-order valence-electron chi connectivity index (χ4n) is 1.69. The monoisotopic (exact) mass is 285 g/mol. The third-order valence-corrected chi connectivity index (χ3v) is 3.47. The molecule has 2 aromatic heterocycles. The predicted molar refractivity (Wildman–Crippen MR) is 76.7 cm³/mol. The number of benzene rings is 1. The molecule has 0 bridgehead atoms. The third-order valence-electron chi connectivity index (χ3n) is 2.64. The van der Waals surface area contributed by atoms with Gasteiger partial charge in [-0.1, -0.05) is 35.5 Å². The summed E-state index contributed by atoms with van der Waals surface area (Å²) < 4.78 is 5.19. The molecule has 5 nitrogen and oxygen atoms in total. The highest BCUT2D eigenvalue weighted by Crippen LogP contribution is 2.21. The van der Waals surface area contributed by atoms with E-state index in [-0.39, 0.29) is 11.6 Å². The minimum absolute atomic E-state index is 0.233. The summed E-state index contributed by atoms with van der Waals surface area (Å²) in [7, 11) is 0. The van der Waals surface area contributed by atoms with Gasteiger partial charge in [-0.25, -0.2) is 4.98 Å². The van der Waals surface area contributed by atoms with Crippen molar-refractivity contribution >= 4 is 22.4 Å². The highest BCUT2D eigenvalue weighted by atomic mass is 32.1. The Kier molecular flexibility index (Phi) is 3.30. The van der Waals surface area contributed by atoms with Gasteiger partial charge in [0, 0.05) is 22.7 Å². The topological polar surface area (TPSA) is 68.0 Å². The van der Waals surface area contributed by atoms with Gasteiger partial charge in [0.15, 0.2) is 16.6 Å². The minimum atomic E-state index is -0.328. The molecule has 6 heteroatoms. The Labute approximate surface area is 119 Å². The number of anilines is 1. The van der Waals surface area contributed by atoms with Crippen LogP contribution in [0.15, 0.2) is 47.1 Å². The van der Waals surface area contributed by atoms with Gasteiger partial charge in [0.1, 0.15) is 0 Å². The second-order valence-electron chi connectivity index (χ2n) is 4.17. The molecule has 0 aliphatic heterocycles. The Hall–Kier alpha value is -2.47. The number of aryl methyl sites for hydroxylation is 1. The van der Waals surface area contributed by atoms with E-state index in [2.05, 4.69) is 15.5 Å². The molecule has 0 fully saturated rings. The first kappa shape index (κ1) is 12.6. The number of hydrogen-bond donors (Lipinski definition) is 1. The fourth-order valence-corrected chi connectivity index (χ4v) is 2.35. The Morgan fingerprint density at radius 3 is 2.80 bits per heavy atom. The summed E-state index contributed by atoms with van der Waals surface area (Å²) in [6.07, 6.45) is 1.71. The zero-order valence-electron chi connectivity index (χ0n) is 10.7. The number of hydrogen-bond acceptors (Lipinski definition) is 5. The Bertz CT molecular complexity index is 734. The van der Waals surface area contributed by atoms with Crippen molar-refractivity contribution in [2.24, 2.45) is 0 Å². The van der Waals surface area contributed by atoms with Crippen molar-refractivity contribution in [3.05, 3.63) is 53.2 Å². The quantitative estimate of drug-likeness (QED) is 0.801. The third kappa shape index (κ3) is 2.60. The van der Waals surface area contributed by atoms with Crippen LogP contribution in [0.5, 0.6) is 0 Å². The van der Waals surface area contributed by atoms with Gasteiger partial charge < -0.3 is 4.52 Å². The molecule has 1 N–H and O–H groups in total. The van der Waals surface area contributed by atoms with E-state index in [0.29, 0.717) is 10.9 Å². The lowest BCUT2D eigenvalue weighted by Gasteiger charge is -1.95. The largest absolute Gasteiger partial charge is 0.355 e. The van der Waals surface area contributed by atoms with E-state index in [0.717, 1.165) is 10.4 Å². The molecule has 100 valence electrons. The van der Waals surface area contributed by atoms with Crippen molar-refractivity contribution in [1.82, 2.24) is 10.1 Å². The van der Waals surface area contributed by atoms with E-state index < -0.39 is 0 Å². The molecule has 0 unspecified atom stereocenters. The van der Waals surface area contributed by atoms with Crippen LogP contribution in [0.4, 0.5) is 5.13 Å². The van der Waals surface area contributed by atoms with Crippen LogP contribution in [0, 0.1) is 6.92 Å². The molecule has 3 rings (SSSR count). The normalized spacial score (nSPS) is 10.4. The lowest BCUT2D eigenvalue weighted by Crippen LogP contribution is -2.11. The summed E-state index contributed by atoms with van der Waals surface area (Å²) in [6, 6.07) is 11.1. The number of carbonyl (C=O) groups is 1. The Balaban J connectivity index is 1.78. The van der Waals surface area contributed by atoms with Gasteiger partial charge in [0.2, 0.25) is 0 Å². The van der Waals surface area contributed by atoms with E-state index in [1.165, 1.54) is 11.3 Å². The lowest BCUT2D eigenvalue weighted by atomic mass is 10.1. The van der Waals surface area contributed by atoms with Crippen molar-refractivity contribution in [3.8, 4) is 11.3 Å². The van der Waals surface area contributed by atoms with Crippen LogP contribution < -0.4 is 5.32 Å². The van der Waals surface area contributed by atoms with E-state index in [4.69, 9.17) is 4.52 Å². The van der Waals surface area contributed by atoms with Crippen LogP contribution in [-0.4, -0.2) is 16.0 Å². The maximum atomic E-state index is 12.0. The number of thiazole rings is 1. The fraction of sp³-hybridized carbons (Fsp3) is 0.0714. The molecule has 0 radical (unpaired) electrons. The van der Waals surface area contributed by atoms with Gasteiger partial charge in [0.05, 0.1) is 0 Å². The summed E-state index contributed by atoms with van der Waals surface area (Å²) in [5.41, 5.74) is 1.11. The van der Waals surface area contributed by atoms with Crippen molar-refractivity contribution in [2.45, 2.75) is 6.92 Å². The van der Waals surface area contributed by atoms with Crippen LogP contribution in [0.25, 0.3) is 11.3 Å². The summed E-state index contributed by atoms with van der Waals surface area (Å²) in [4.78, 5) is 17.1. The van der Waals surface area contributed by atoms with Gasteiger partial charge in [-0.3, -0.25) is 10.1 Å². The van der Waals surface area contributed by atoms with Crippen molar-refractivity contribution < 1.29 is 9.32 Å². The van der Waals surface area contributed by atoms with Gasteiger partial charge in [-0.15, -0.1) is 11.3 Å². The summed E-state index contributed by atoms with van der Waals surface area (Å²) >= 11 is 1.41. The minimum Gasteiger partial charge on any atom is -0.355 e. The van der Waals surface area contributed by atoms with Crippen LogP contribution in [0.2, 0.25) is 0 Å². The van der Waals surface area contributed by atoms with Gasteiger partial charge in [-0.2, -0.15) is 0 Å². The van der Waals surface area contributed by atoms with E-state index in [1.54, 1.807) is 12.3 Å². The number of aromatic nitrogens is 2. The number of amides is 1. The molecular formula is C14H11N3O2S. The molecule has 0 saturated carbocycles. The van der Waals surface area contributed by atoms with Crippen LogP contribution in [-0.2, 0) is 0 Å². The van der Waals surface area contributed by atoms with E-state index in [9.17, 15) is 4.79 Å². The highest BCUT2D eigenvalue weighted by Gasteiger charge is 2.14. The molecule has 0 spiro atoms. The standard InChI is InChI=1S/C14H11N3O2S/c1-9-8-15-14(20-9)16-13(18)11-7-12(19-17-11)10-5-3-2-4-6-10/h2-8H,1H3,(H,15,16,18). The molecule has 2 heterocycles. The SMILES string of the molecule is Cc1cnc(NC(=O)c2cc(-c3ccccc3)on2)s1. The van der Waals surface area contributed by atoms with E-state index >= 15 is 0 Å². The van der Waals surface area contributed by atoms with Gasteiger partial charge >= 0.3 is 0 Å². The molecular weight excluding hydrogens is 274 g/mol. The average molecular weight is 285 g/mol. The molecule has 0 saturated heterocycles. The molecule has 0 aliphatic rings. The molecule has 0 aliphatic carbocycles. The zero-order valence-corrected chi connectivity index (χ0v) is 11.5. The number of carbonyl (C=O) groups excluding carboxylic acids is 1. The summed E-state index contributed by atoms with van der Waals surface area (Å²) in [5, 5.41) is 7.03. The molecule has 1 aromatic carbocycles. The Morgan fingerprint density at radius 2 is 2.10 bits per heavy atom. The maximum absolute atomic E-state index is 12.0. The van der Waals surface area contributed by atoms with Crippen molar-refractivity contribution in [2.75, 3.05) is 5.32 Å². The summed E-state index contributed by atoms with van der Waals surface area (Å²) in [6.45, 7) is 1.93.